The minimum Gasteiger partial charge on any atom is -0.366 e. The van der Waals surface area contributed by atoms with Crippen LogP contribution in [0, 0.1) is 0 Å². The Labute approximate surface area is 110 Å². The number of hydrogen-bond acceptors (Lipinski definition) is 6. The average Bonchev–Trinajstić information content (AvgIpc) is 2.98. The van der Waals surface area contributed by atoms with Gasteiger partial charge in [0, 0.05) is 13.1 Å². The van der Waals surface area contributed by atoms with Crippen molar-refractivity contribution >= 4 is 27.3 Å². The summed E-state index contributed by atoms with van der Waals surface area (Å²) in [6, 6.07) is 3.93. The zero-order valence-corrected chi connectivity index (χ0v) is 11.3. The molecule has 1 atom stereocenters. The van der Waals surface area contributed by atoms with E-state index in [9.17, 15) is 0 Å². The van der Waals surface area contributed by atoms with Gasteiger partial charge in [-0.15, -0.1) is 11.3 Å². The number of rotatable bonds is 2. The molecule has 0 aliphatic carbocycles. The second-order valence-corrected chi connectivity index (χ2v) is 6.09. The Balaban J connectivity index is 1.82. The fourth-order valence-electron chi connectivity index (χ4n) is 1.62. The van der Waals surface area contributed by atoms with Gasteiger partial charge in [0.25, 0.3) is 5.89 Å². The number of nitrogens with zero attached hydrogens (tertiary/aromatic N) is 2. The maximum absolute atomic E-state index is 5.55. The van der Waals surface area contributed by atoms with Crippen LogP contribution in [0.15, 0.2) is 20.4 Å². The lowest BCUT2D eigenvalue weighted by Gasteiger charge is -2.19. The first-order valence-electron chi connectivity index (χ1n) is 5.24. The van der Waals surface area contributed by atoms with Gasteiger partial charge in [-0.05, 0) is 28.1 Å². The molecule has 1 aliphatic heterocycles. The first-order valence-corrected chi connectivity index (χ1v) is 6.85. The number of aromatic nitrogens is 2. The van der Waals surface area contributed by atoms with Crippen LogP contribution in [-0.2, 0) is 4.74 Å². The summed E-state index contributed by atoms with van der Waals surface area (Å²) >= 11 is 4.99. The molecule has 17 heavy (non-hydrogen) atoms. The van der Waals surface area contributed by atoms with E-state index >= 15 is 0 Å². The molecule has 7 heteroatoms. The Morgan fingerprint density at radius 1 is 1.47 bits per heavy atom. The summed E-state index contributed by atoms with van der Waals surface area (Å²) in [6.07, 6.45) is -0.131. The predicted molar refractivity (Wildman–Crippen MR) is 66.9 cm³/mol. The number of thiophene rings is 1. The smallest absolute Gasteiger partial charge is 0.257 e. The predicted octanol–water partition coefficient (Wildman–Crippen LogP) is 2.22. The average molecular weight is 316 g/mol. The number of morpholine rings is 1. The van der Waals surface area contributed by atoms with E-state index in [0.717, 1.165) is 21.8 Å². The number of nitrogens with one attached hydrogen (secondary N) is 1. The van der Waals surface area contributed by atoms with E-state index in [4.69, 9.17) is 9.26 Å². The number of hydrogen-bond donors (Lipinski definition) is 1. The summed E-state index contributed by atoms with van der Waals surface area (Å²) in [6.45, 7) is 2.26. The molecule has 1 N–H and O–H groups in total. The van der Waals surface area contributed by atoms with Crippen molar-refractivity contribution in [3.8, 4) is 10.7 Å². The summed E-state index contributed by atoms with van der Waals surface area (Å²) < 4.78 is 11.8. The molecule has 0 bridgehead atoms. The van der Waals surface area contributed by atoms with Crippen molar-refractivity contribution in [2.24, 2.45) is 0 Å². The standard InChI is InChI=1S/C10H10BrN3O2S/c11-8-2-1-7(17-8)9-13-10(16-14-9)6-5-12-3-4-15-6/h1-2,6,12H,3-5H2. The van der Waals surface area contributed by atoms with Crippen molar-refractivity contribution < 1.29 is 9.26 Å². The highest BCUT2D eigenvalue weighted by molar-refractivity contribution is 9.11. The quantitative estimate of drug-likeness (QED) is 0.920. The largest absolute Gasteiger partial charge is 0.366 e. The lowest BCUT2D eigenvalue weighted by atomic mass is 10.3. The van der Waals surface area contributed by atoms with Gasteiger partial charge >= 0.3 is 0 Å². The molecular weight excluding hydrogens is 306 g/mol. The van der Waals surface area contributed by atoms with Crippen molar-refractivity contribution in [1.82, 2.24) is 15.5 Å². The lowest BCUT2D eigenvalue weighted by Crippen LogP contribution is -2.33. The molecule has 0 amide bonds. The lowest BCUT2D eigenvalue weighted by molar-refractivity contribution is 0.00755. The number of halogens is 1. The normalized spacial score (nSPS) is 20.6. The van der Waals surface area contributed by atoms with Crippen molar-refractivity contribution in [2.75, 3.05) is 19.7 Å². The van der Waals surface area contributed by atoms with E-state index in [-0.39, 0.29) is 6.10 Å². The van der Waals surface area contributed by atoms with Crippen LogP contribution in [0.5, 0.6) is 0 Å². The van der Waals surface area contributed by atoms with Gasteiger partial charge < -0.3 is 14.6 Å². The van der Waals surface area contributed by atoms with E-state index < -0.39 is 0 Å². The van der Waals surface area contributed by atoms with Gasteiger partial charge in [-0.2, -0.15) is 4.98 Å². The van der Waals surface area contributed by atoms with Crippen LogP contribution in [0.2, 0.25) is 0 Å². The summed E-state index contributed by atoms with van der Waals surface area (Å²) in [4.78, 5) is 5.35. The number of ether oxygens (including phenoxy) is 1. The highest BCUT2D eigenvalue weighted by atomic mass is 79.9. The molecule has 0 aromatic carbocycles. The minimum atomic E-state index is -0.131. The Morgan fingerprint density at radius 3 is 3.12 bits per heavy atom. The van der Waals surface area contributed by atoms with Crippen molar-refractivity contribution in [2.45, 2.75) is 6.10 Å². The summed E-state index contributed by atoms with van der Waals surface area (Å²) in [5, 5.41) is 7.20. The molecular formula is C10H10BrN3O2S. The monoisotopic (exact) mass is 315 g/mol. The zero-order valence-electron chi connectivity index (χ0n) is 8.85. The first-order chi connectivity index (χ1) is 8.33. The molecule has 2 aromatic heterocycles. The topological polar surface area (TPSA) is 60.2 Å². The van der Waals surface area contributed by atoms with Crippen molar-refractivity contribution in [1.29, 1.82) is 0 Å². The Bertz CT molecular complexity index is 507. The SMILES string of the molecule is Brc1ccc(-c2noc(C3CNCCO3)n2)s1. The van der Waals surface area contributed by atoms with Gasteiger partial charge in [0.2, 0.25) is 5.82 Å². The third kappa shape index (κ3) is 2.42. The van der Waals surface area contributed by atoms with Crippen LogP contribution in [0.3, 0.4) is 0 Å². The molecule has 1 saturated heterocycles. The highest BCUT2D eigenvalue weighted by Crippen LogP contribution is 2.30. The Hall–Kier alpha value is -0.760. The van der Waals surface area contributed by atoms with Crippen LogP contribution in [0.25, 0.3) is 10.7 Å². The minimum absolute atomic E-state index is 0.131. The molecule has 0 saturated carbocycles. The highest BCUT2D eigenvalue weighted by Gasteiger charge is 2.22. The van der Waals surface area contributed by atoms with Crippen molar-refractivity contribution in [3.05, 3.63) is 21.8 Å². The van der Waals surface area contributed by atoms with E-state index in [1.807, 2.05) is 12.1 Å². The van der Waals surface area contributed by atoms with Crippen LogP contribution < -0.4 is 5.32 Å². The molecule has 1 unspecified atom stereocenters. The molecule has 0 radical (unpaired) electrons. The third-order valence-electron chi connectivity index (χ3n) is 2.44. The van der Waals surface area contributed by atoms with Gasteiger partial charge in [0.1, 0.15) is 6.10 Å². The molecule has 1 fully saturated rings. The molecule has 90 valence electrons. The third-order valence-corrected chi connectivity index (χ3v) is 4.06. The second-order valence-electron chi connectivity index (χ2n) is 3.62. The fourth-order valence-corrected chi connectivity index (χ4v) is 2.94. The first kappa shape index (κ1) is 11.3. The van der Waals surface area contributed by atoms with Gasteiger partial charge in [-0.25, -0.2) is 0 Å². The summed E-state index contributed by atoms with van der Waals surface area (Å²) in [7, 11) is 0. The van der Waals surface area contributed by atoms with E-state index in [2.05, 4.69) is 31.4 Å². The molecule has 0 spiro atoms. The van der Waals surface area contributed by atoms with Crippen LogP contribution in [0.1, 0.15) is 12.0 Å². The fraction of sp³-hybridized carbons (Fsp3) is 0.400. The van der Waals surface area contributed by atoms with Crippen LogP contribution in [-0.4, -0.2) is 29.8 Å². The van der Waals surface area contributed by atoms with E-state index in [0.29, 0.717) is 18.3 Å². The Morgan fingerprint density at radius 2 is 2.41 bits per heavy atom. The van der Waals surface area contributed by atoms with Crippen molar-refractivity contribution in [3.63, 3.8) is 0 Å². The van der Waals surface area contributed by atoms with Gasteiger partial charge in [-0.1, -0.05) is 5.16 Å². The van der Waals surface area contributed by atoms with E-state index in [1.54, 1.807) is 11.3 Å². The molecule has 2 aromatic rings. The molecule has 5 nitrogen and oxygen atoms in total. The van der Waals surface area contributed by atoms with E-state index in [1.165, 1.54) is 0 Å². The zero-order chi connectivity index (χ0) is 11.7. The summed E-state index contributed by atoms with van der Waals surface area (Å²) in [5.41, 5.74) is 0. The molecule has 1 aliphatic rings. The maximum atomic E-state index is 5.55. The molecule has 3 heterocycles. The van der Waals surface area contributed by atoms with Gasteiger partial charge in [0.15, 0.2) is 0 Å². The second kappa shape index (κ2) is 4.85. The van der Waals surface area contributed by atoms with Crippen LogP contribution in [0.4, 0.5) is 0 Å². The molecule has 3 rings (SSSR count). The Kier molecular flexibility index (Phi) is 3.24. The van der Waals surface area contributed by atoms with Gasteiger partial charge in [0.05, 0.1) is 15.3 Å². The van der Waals surface area contributed by atoms with Crippen LogP contribution >= 0.6 is 27.3 Å². The van der Waals surface area contributed by atoms with Gasteiger partial charge in [-0.3, -0.25) is 0 Å². The maximum Gasteiger partial charge on any atom is 0.257 e. The summed E-state index contributed by atoms with van der Waals surface area (Å²) in [5.74, 6) is 1.15.